The van der Waals surface area contributed by atoms with Crippen molar-refractivity contribution in [2.45, 2.75) is 36.6 Å². The number of amides is 2. The predicted molar refractivity (Wildman–Crippen MR) is 131 cm³/mol. The van der Waals surface area contributed by atoms with E-state index in [1.807, 2.05) is 36.4 Å². The second-order valence-corrected chi connectivity index (χ2v) is 10.7. The summed E-state index contributed by atoms with van der Waals surface area (Å²) in [6.07, 6.45) is 2.81. The highest BCUT2D eigenvalue weighted by Gasteiger charge is 2.32. The van der Waals surface area contributed by atoms with Crippen LogP contribution in [0.1, 0.15) is 36.0 Å². The van der Waals surface area contributed by atoms with Crippen molar-refractivity contribution in [3.05, 3.63) is 72.3 Å². The van der Waals surface area contributed by atoms with Gasteiger partial charge in [-0.2, -0.15) is 0 Å². The molecule has 0 spiro atoms. The van der Waals surface area contributed by atoms with E-state index in [-0.39, 0.29) is 28.7 Å². The zero-order valence-corrected chi connectivity index (χ0v) is 19.6. The first-order chi connectivity index (χ1) is 16.4. The summed E-state index contributed by atoms with van der Waals surface area (Å²) in [5.74, 6) is -0.164. The highest BCUT2D eigenvalue weighted by molar-refractivity contribution is 7.89. The summed E-state index contributed by atoms with van der Waals surface area (Å²) in [6, 6.07) is 19.5. The minimum Gasteiger partial charge on any atom is -0.338 e. The van der Waals surface area contributed by atoms with E-state index in [0.29, 0.717) is 37.2 Å². The number of carbonyl (C=O) groups excluding carboxylic acids is 2. The van der Waals surface area contributed by atoms with Crippen molar-refractivity contribution in [3.63, 3.8) is 0 Å². The number of sulfonamides is 1. The predicted octanol–water partition coefficient (Wildman–Crippen LogP) is 3.77. The standard InChI is InChI=1S/C26H27N3O4S/c30-25(18-10-11-18)27-24-17-20-7-5-4-6-19(20)16-23(24)26(31)29-14-12-21(13-15-29)28-34(32,33)22-8-2-1-3-9-22/h1-9,16-18,21,28H,10-15H2,(H,27,30). The molecule has 2 aliphatic rings. The number of carbonyl (C=O) groups is 2. The summed E-state index contributed by atoms with van der Waals surface area (Å²) in [6.45, 7) is 0.868. The van der Waals surface area contributed by atoms with E-state index in [1.54, 1.807) is 35.2 Å². The Bertz CT molecular complexity index is 1330. The molecule has 0 unspecified atom stereocenters. The molecule has 7 nitrogen and oxygen atoms in total. The van der Waals surface area contributed by atoms with E-state index < -0.39 is 10.0 Å². The molecule has 176 valence electrons. The third-order valence-corrected chi connectivity index (χ3v) is 8.02. The van der Waals surface area contributed by atoms with Crippen LogP contribution in [0.2, 0.25) is 0 Å². The normalized spacial score (nSPS) is 17.0. The molecular weight excluding hydrogens is 450 g/mol. The fourth-order valence-corrected chi connectivity index (χ4v) is 5.68. The molecule has 2 fully saturated rings. The van der Waals surface area contributed by atoms with Crippen LogP contribution in [0.4, 0.5) is 5.69 Å². The van der Waals surface area contributed by atoms with Crippen LogP contribution in [0.5, 0.6) is 0 Å². The van der Waals surface area contributed by atoms with Crippen molar-refractivity contribution >= 4 is 38.3 Å². The minimum atomic E-state index is -3.60. The van der Waals surface area contributed by atoms with Crippen LogP contribution >= 0.6 is 0 Å². The first-order valence-corrected chi connectivity index (χ1v) is 13.1. The van der Waals surface area contributed by atoms with Gasteiger partial charge in [0.05, 0.1) is 16.1 Å². The Labute approximate surface area is 199 Å². The van der Waals surface area contributed by atoms with E-state index in [1.165, 1.54) is 0 Å². The Morgan fingerprint density at radius 2 is 1.44 bits per heavy atom. The maximum Gasteiger partial charge on any atom is 0.255 e. The van der Waals surface area contributed by atoms with Crippen LogP contribution in [0, 0.1) is 5.92 Å². The average molecular weight is 478 g/mol. The van der Waals surface area contributed by atoms with Gasteiger partial charge in [0, 0.05) is 25.0 Å². The molecule has 0 bridgehead atoms. The quantitative estimate of drug-likeness (QED) is 0.565. The Morgan fingerprint density at radius 3 is 2.09 bits per heavy atom. The fourth-order valence-electron chi connectivity index (χ4n) is 4.36. The van der Waals surface area contributed by atoms with Crippen molar-refractivity contribution in [3.8, 4) is 0 Å². The van der Waals surface area contributed by atoms with E-state index >= 15 is 0 Å². The second-order valence-electron chi connectivity index (χ2n) is 9.01. The summed E-state index contributed by atoms with van der Waals surface area (Å²) < 4.78 is 28.0. The molecular formula is C26H27N3O4S. The Kier molecular flexibility index (Phi) is 6.10. The van der Waals surface area contributed by atoms with Crippen molar-refractivity contribution < 1.29 is 18.0 Å². The molecule has 5 rings (SSSR count). The Hall–Kier alpha value is -3.23. The van der Waals surface area contributed by atoms with Gasteiger partial charge in [-0.3, -0.25) is 9.59 Å². The Morgan fingerprint density at radius 1 is 0.824 bits per heavy atom. The van der Waals surface area contributed by atoms with Gasteiger partial charge in [0.15, 0.2) is 0 Å². The molecule has 1 saturated carbocycles. The Balaban J connectivity index is 1.31. The summed E-state index contributed by atoms with van der Waals surface area (Å²) >= 11 is 0. The number of nitrogens with one attached hydrogen (secondary N) is 2. The number of likely N-dealkylation sites (tertiary alicyclic amines) is 1. The molecule has 0 aromatic heterocycles. The van der Waals surface area contributed by atoms with Gasteiger partial charge < -0.3 is 10.2 Å². The molecule has 0 radical (unpaired) electrons. The SMILES string of the molecule is O=C(Nc1cc2ccccc2cc1C(=O)N1CCC(NS(=O)(=O)c2ccccc2)CC1)C1CC1. The summed E-state index contributed by atoms with van der Waals surface area (Å²) in [7, 11) is -3.60. The van der Waals surface area contributed by atoms with Crippen LogP contribution in [0.3, 0.4) is 0 Å². The molecule has 3 aromatic rings. The average Bonchev–Trinajstić information content (AvgIpc) is 3.70. The first-order valence-electron chi connectivity index (χ1n) is 11.6. The van der Waals surface area contributed by atoms with Crippen molar-refractivity contribution in [1.82, 2.24) is 9.62 Å². The maximum atomic E-state index is 13.5. The zero-order chi connectivity index (χ0) is 23.7. The van der Waals surface area contributed by atoms with Gasteiger partial charge in [-0.1, -0.05) is 42.5 Å². The molecule has 1 aliphatic heterocycles. The third-order valence-electron chi connectivity index (χ3n) is 6.48. The van der Waals surface area contributed by atoms with Gasteiger partial charge >= 0.3 is 0 Å². The molecule has 1 saturated heterocycles. The van der Waals surface area contributed by atoms with Gasteiger partial charge in [-0.25, -0.2) is 13.1 Å². The number of hydrogen-bond acceptors (Lipinski definition) is 4. The zero-order valence-electron chi connectivity index (χ0n) is 18.7. The van der Waals surface area contributed by atoms with Gasteiger partial charge in [-0.15, -0.1) is 0 Å². The number of piperidine rings is 1. The molecule has 2 N–H and O–H groups in total. The summed E-state index contributed by atoms with van der Waals surface area (Å²) in [5.41, 5.74) is 1.00. The van der Waals surface area contributed by atoms with E-state index in [2.05, 4.69) is 10.0 Å². The number of benzene rings is 3. The highest BCUT2D eigenvalue weighted by Crippen LogP contribution is 2.32. The van der Waals surface area contributed by atoms with Crippen LogP contribution in [-0.2, 0) is 14.8 Å². The highest BCUT2D eigenvalue weighted by atomic mass is 32.2. The van der Waals surface area contributed by atoms with Crippen LogP contribution in [-0.4, -0.2) is 44.3 Å². The van der Waals surface area contributed by atoms with E-state index in [9.17, 15) is 18.0 Å². The van der Waals surface area contributed by atoms with Crippen LogP contribution < -0.4 is 10.0 Å². The monoisotopic (exact) mass is 477 g/mol. The molecule has 2 amide bonds. The fraction of sp³-hybridized carbons (Fsp3) is 0.308. The second kappa shape index (κ2) is 9.19. The van der Waals surface area contributed by atoms with Gasteiger partial charge in [-0.05, 0) is 60.7 Å². The number of rotatable bonds is 6. The van der Waals surface area contributed by atoms with Crippen molar-refractivity contribution in [1.29, 1.82) is 0 Å². The minimum absolute atomic E-state index is 0.0304. The van der Waals surface area contributed by atoms with Crippen molar-refractivity contribution in [2.75, 3.05) is 18.4 Å². The van der Waals surface area contributed by atoms with E-state index in [4.69, 9.17) is 0 Å². The molecule has 8 heteroatoms. The lowest BCUT2D eigenvalue weighted by atomic mass is 10.0. The lowest BCUT2D eigenvalue weighted by Crippen LogP contribution is -2.46. The molecule has 3 aromatic carbocycles. The topological polar surface area (TPSA) is 95.6 Å². The number of nitrogens with zero attached hydrogens (tertiary/aromatic N) is 1. The molecule has 34 heavy (non-hydrogen) atoms. The van der Waals surface area contributed by atoms with Gasteiger partial charge in [0.1, 0.15) is 0 Å². The number of anilines is 1. The lowest BCUT2D eigenvalue weighted by molar-refractivity contribution is -0.117. The van der Waals surface area contributed by atoms with Crippen molar-refractivity contribution in [2.24, 2.45) is 5.92 Å². The molecule has 1 aliphatic carbocycles. The first kappa shape index (κ1) is 22.6. The van der Waals surface area contributed by atoms with Crippen LogP contribution in [0.15, 0.2) is 71.6 Å². The van der Waals surface area contributed by atoms with Gasteiger partial charge in [0.25, 0.3) is 5.91 Å². The molecule has 0 atom stereocenters. The lowest BCUT2D eigenvalue weighted by Gasteiger charge is -2.32. The summed E-state index contributed by atoms with van der Waals surface area (Å²) in [5, 5.41) is 4.85. The van der Waals surface area contributed by atoms with Gasteiger partial charge in [0.2, 0.25) is 15.9 Å². The molecule has 1 heterocycles. The van der Waals surface area contributed by atoms with Crippen LogP contribution in [0.25, 0.3) is 10.8 Å². The number of hydrogen-bond donors (Lipinski definition) is 2. The summed E-state index contributed by atoms with van der Waals surface area (Å²) in [4.78, 5) is 27.9. The maximum absolute atomic E-state index is 13.5. The van der Waals surface area contributed by atoms with E-state index in [0.717, 1.165) is 23.6 Å². The largest absolute Gasteiger partial charge is 0.338 e. The third kappa shape index (κ3) is 4.83. The smallest absolute Gasteiger partial charge is 0.255 e. The number of fused-ring (bicyclic) bond motifs is 1.